The number of nitrogens with zero attached hydrogens (tertiary/aromatic N) is 1. The highest BCUT2D eigenvalue weighted by Crippen LogP contribution is 2.23. The number of rotatable bonds is 7. The van der Waals surface area contributed by atoms with Gasteiger partial charge in [0, 0.05) is 30.4 Å². The first-order valence-corrected chi connectivity index (χ1v) is 12.1. The van der Waals surface area contributed by atoms with Crippen molar-refractivity contribution in [2.24, 2.45) is 5.92 Å². The fourth-order valence-electron chi connectivity index (χ4n) is 4.04. The largest absolute Gasteiger partial charge is 0.352 e. The summed E-state index contributed by atoms with van der Waals surface area (Å²) in [7, 11) is 0. The Labute approximate surface area is 202 Å². The van der Waals surface area contributed by atoms with E-state index in [0.717, 1.165) is 23.2 Å². The highest BCUT2D eigenvalue weighted by molar-refractivity contribution is 5.97. The summed E-state index contributed by atoms with van der Waals surface area (Å²) < 4.78 is 0. The van der Waals surface area contributed by atoms with E-state index in [1.165, 1.54) is 0 Å². The predicted molar refractivity (Wildman–Crippen MR) is 135 cm³/mol. The number of aryl methyl sites for hydroxylation is 2. The quantitative estimate of drug-likeness (QED) is 0.572. The predicted octanol–water partition coefficient (Wildman–Crippen LogP) is 4.26. The van der Waals surface area contributed by atoms with Gasteiger partial charge in [0.05, 0.1) is 0 Å². The summed E-state index contributed by atoms with van der Waals surface area (Å²) >= 11 is 0. The topological polar surface area (TPSA) is 90.5 Å². The van der Waals surface area contributed by atoms with Gasteiger partial charge >= 0.3 is 6.03 Å². The van der Waals surface area contributed by atoms with Crippen molar-refractivity contribution < 1.29 is 14.4 Å². The number of carbonyl (C=O) groups excluding carboxylic acids is 3. The maximum absolute atomic E-state index is 13.1. The molecule has 2 atom stereocenters. The monoisotopic (exact) mass is 464 g/mol. The molecule has 3 N–H and O–H groups in total. The number of amides is 4. The molecule has 34 heavy (non-hydrogen) atoms. The lowest BCUT2D eigenvalue weighted by molar-refractivity contribution is -0.125. The Bertz CT molecular complexity index is 980. The van der Waals surface area contributed by atoms with E-state index in [1.54, 1.807) is 17.0 Å². The molecule has 1 heterocycles. The van der Waals surface area contributed by atoms with Gasteiger partial charge in [0.1, 0.15) is 6.04 Å². The number of benzene rings is 2. The molecule has 1 fully saturated rings. The molecular weight excluding hydrogens is 428 g/mol. The van der Waals surface area contributed by atoms with Gasteiger partial charge in [0.25, 0.3) is 5.91 Å². The summed E-state index contributed by atoms with van der Waals surface area (Å²) in [6, 6.07) is 14.2. The van der Waals surface area contributed by atoms with Crippen LogP contribution in [-0.2, 0) is 4.79 Å². The zero-order valence-electron chi connectivity index (χ0n) is 20.6. The first-order chi connectivity index (χ1) is 16.3. The Kier molecular flexibility index (Phi) is 8.68. The van der Waals surface area contributed by atoms with Gasteiger partial charge in [-0.2, -0.15) is 0 Å². The lowest BCUT2D eigenvalue weighted by Gasteiger charge is -2.36. The summed E-state index contributed by atoms with van der Waals surface area (Å²) in [5.74, 6) is -0.483. The number of carbonyl (C=O) groups is 3. The molecule has 0 aromatic heterocycles. The highest BCUT2D eigenvalue weighted by atomic mass is 16.2. The van der Waals surface area contributed by atoms with Gasteiger partial charge in [-0.05, 0) is 70.2 Å². The molecule has 2 aromatic carbocycles. The molecule has 3 rings (SSSR count). The fraction of sp³-hybridized carbons (Fsp3) is 0.444. The van der Waals surface area contributed by atoms with Crippen LogP contribution in [0.3, 0.4) is 0 Å². The highest BCUT2D eigenvalue weighted by Gasteiger charge is 2.34. The van der Waals surface area contributed by atoms with Crippen LogP contribution in [0.4, 0.5) is 10.5 Å². The van der Waals surface area contributed by atoms with Gasteiger partial charge in [-0.25, -0.2) is 4.79 Å². The van der Waals surface area contributed by atoms with Gasteiger partial charge in [-0.15, -0.1) is 0 Å². The molecule has 182 valence electrons. The zero-order chi connectivity index (χ0) is 24.7. The smallest absolute Gasteiger partial charge is 0.321 e. The minimum absolute atomic E-state index is 0.0200. The molecule has 1 aliphatic rings. The van der Waals surface area contributed by atoms with Crippen molar-refractivity contribution in [2.75, 3.05) is 18.4 Å². The maximum atomic E-state index is 13.1. The van der Waals surface area contributed by atoms with E-state index in [9.17, 15) is 14.4 Å². The van der Waals surface area contributed by atoms with Crippen molar-refractivity contribution in [1.29, 1.82) is 0 Å². The van der Waals surface area contributed by atoms with Crippen LogP contribution < -0.4 is 16.0 Å². The molecule has 0 unspecified atom stereocenters. The maximum Gasteiger partial charge on any atom is 0.321 e. The second kappa shape index (κ2) is 11.7. The third-order valence-corrected chi connectivity index (χ3v) is 6.48. The van der Waals surface area contributed by atoms with Crippen molar-refractivity contribution in [3.05, 3.63) is 65.2 Å². The number of likely N-dealkylation sites (tertiary alicyclic amines) is 1. The lowest BCUT2D eigenvalue weighted by Crippen LogP contribution is -2.55. The number of nitrogens with one attached hydrogen (secondary N) is 3. The van der Waals surface area contributed by atoms with E-state index in [-0.39, 0.29) is 29.8 Å². The van der Waals surface area contributed by atoms with Gasteiger partial charge in [-0.3, -0.25) is 9.59 Å². The average Bonchev–Trinajstić information content (AvgIpc) is 2.84. The first-order valence-electron chi connectivity index (χ1n) is 12.1. The van der Waals surface area contributed by atoms with E-state index in [4.69, 9.17) is 0 Å². The molecule has 1 aliphatic heterocycles. The second-order valence-electron chi connectivity index (χ2n) is 9.26. The standard InChI is InChI=1S/C27H36N4O3/c1-5-20(4)28-26(33)24(30-25(32)22-10-6-18(2)7-11-22)21-14-16-31(17-15-21)27(34)29-23-12-8-19(3)9-13-23/h6-13,20-21,24H,5,14-17H2,1-4H3,(H,28,33)(H,29,34)(H,30,32)/t20-,24-/m0/s1. The Morgan fingerprint density at radius 3 is 2.03 bits per heavy atom. The van der Waals surface area contributed by atoms with Crippen molar-refractivity contribution in [3.63, 3.8) is 0 Å². The molecule has 0 aliphatic carbocycles. The summed E-state index contributed by atoms with van der Waals surface area (Å²) in [6.45, 7) is 8.98. The molecule has 7 nitrogen and oxygen atoms in total. The Balaban J connectivity index is 1.64. The molecule has 2 aromatic rings. The van der Waals surface area contributed by atoms with Crippen LogP contribution in [0.5, 0.6) is 0 Å². The minimum atomic E-state index is -0.648. The summed E-state index contributed by atoms with van der Waals surface area (Å²) in [4.78, 5) is 40.5. The molecule has 1 saturated heterocycles. The van der Waals surface area contributed by atoms with Crippen molar-refractivity contribution in [3.8, 4) is 0 Å². The second-order valence-corrected chi connectivity index (χ2v) is 9.26. The molecule has 4 amide bonds. The van der Waals surface area contributed by atoms with E-state index >= 15 is 0 Å². The van der Waals surface area contributed by atoms with Crippen LogP contribution in [0.2, 0.25) is 0 Å². The third kappa shape index (κ3) is 6.83. The van der Waals surface area contributed by atoms with Gasteiger partial charge in [-0.1, -0.05) is 42.3 Å². The van der Waals surface area contributed by atoms with E-state index < -0.39 is 6.04 Å². The lowest BCUT2D eigenvalue weighted by atomic mass is 9.88. The fourth-order valence-corrected chi connectivity index (χ4v) is 4.04. The van der Waals surface area contributed by atoms with Crippen LogP contribution in [0.1, 0.15) is 54.6 Å². The third-order valence-electron chi connectivity index (χ3n) is 6.48. The number of piperidine rings is 1. The van der Waals surface area contributed by atoms with Crippen LogP contribution in [0, 0.1) is 19.8 Å². The number of anilines is 1. The van der Waals surface area contributed by atoms with Crippen LogP contribution in [0.15, 0.2) is 48.5 Å². The summed E-state index contributed by atoms with van der Waals surface area (Å²) in [5, 5.41) is 8.92. The Hall–Kier alpha value is -3.35. The molecule has 0 radical (unpaired) electrons. The van der Waals surface area contributed by atoms with Crippen LogP contribution in [0.25, 0.3) is 0 Å². The van der Waals surface area contributed by atoms with Crippen LogP contribution in [-0.4, -0.2) is 47.9 Å². The molecular formula is C27H36N4O3. The van der Waals surface area contributed by atoms with Gasteiger partial charge < -0.3 is 20.9 Å². The SMILES string of the molecule is CC[C@H](C)NC(=O)[C@@H](NC(=O)c1ccc(C)cc1)C1CCN(C(=O)Nc2ccc(C)cc2)CC1. The van der Waals surface area contributed by atoms with Crippen molar-refractivity contribution >= 4 is 23.5 Å². The van der Waals surface area contributed by atoms with Gasteiger partial charge in [0.2, 0.25) is 5.91 Å². The summed E-state index contributed by atoms with van der Waals surface area (Å²) in [6.07, 6.45) is 2.07. The Morgan fingerprint density at radius 1 is 0.912 bits per heavy atom. The number of hydrogen-bond acceptors (Lipinski definition) is 3. The zero-order valence-corrected chi connectivity index (χ0v) is 20.6. The molecule has 0 bridgehead atoms. The van der Waals surface area contributed by atoms with Crippen molar-refractivity contribution in [2.45, 2.75) is 59.0 Å². The number of urea groups is 1. The minimum Gasteiger partial charge on any atom is -0.352 e. The van der Waals surface area contributed by atoms with Crippen molar-refractivity contribution in [1.82, 2.24) is 15.5 Å². The van der Waals surface area contributed by atoms with E-state index in [0.29, 0.717) is 31.5 Å². The first kappa shape index (κ1) is 25.3. The molecule has 7 heteroatoms. The van der Waals surface area contributed by atoms with E-state index in [1.807, 2.05) is 64.1 Å². The molecule has 0 spiro atoms. The van der Waals surface area contributed by atoms with E-state index in [2.05, 4.69) is 16.0 Å². The Morgan fingerprint density at radius 2 is 1.47 bits per heavy atom. The van der Waals surface area contributed by atoms with Gasteiger partial charge in [0.15, 0.2) is 0 Å². The average molecular weight is 465 g/mol. The molecule has 0 saturated carbocycles. The summed E-state index contributed by atoms with van der Waals surface area (Å²) in [5.41, 5.74) is 3.49. The normalized spacial score (nSPS) is 15.8. The van der Waals surface area contributed by atoms with Crippen LogP contribution >= 0.6 is 0 Å². The number of hydrogen-bond donors (Lipinski definition) is 3.